The maximum Gasteiger partial charge on any atom is 0.341 e. The number of hydrogen-bond donors (Lipinski definition) is 1. The first kappa shape index (κ1) is 22.3. The van der Waals surface area contributed by atoms with Crippen LogP contribution in [-0.2, 0) is 11.3 Å². The molecule has 1 saturated heterocycles. The number of nitrogens with one attached hydrogen (secondary N) is 1. The topological polar surface area (TPSA) is 75.6 Å². The maximum absolute atomic E-state index is 12.0. The lowest BCUT2D eigenvalue weighted by Crippen LogP contribution is -2.52. The summed E-state index contributed by atoms with van der Waals surface area (Å²) in [4.78, 5) is 21.0. The largest absolute Gasteiger partial charge is 0.496 e. The Morgan fingerprint density at radius 3 is 2.35 bits per heavy atom. The molecule has 1 fully saturated rings. The van der Waals surface area contributed by atoms with E-state index in [1.54, 1.807) is 26.3 Å². The number of esters is 1. The highest BCUT2D eigenvalue weighted by Crippen LogP contribution is 2.28. The average molecular weight is 427 g/mol. The predicted octanol–water partition coefficient (Wildman–Crippen LogP) is 2.39. The quantitative estimate of drug-likeness (QED) is 0.432. The van der Waals surface area contributed by atoms with Gasteiger partial charge in [0.05, 0.1) is 27.0 Å². The van der Waals surface area contributed by atoms with Crippen molar-refractivity contribution in [2.24, 2.45) is 4.99 Å². The molecule has 1 heterocycles. The fourth-order valence-corrected chi connectivity index (χ4v) is 3.70. The smallest absolute Gasteiger partial charge is 0.341 e. The standard InChI is InChI=1S/C23H30N4O4/c1-24-23(25-16-17-9-10-20(29-2)18(15-17)22(28)31-4)27-13-11-26(12-14-27)19-7-5-6-8-21(19)30-3/h5-10,15H,11-14,16H2,1-4H3,(H,24,25). The Morgan fingerprint density at radius 2 is 1.71 bits per heavy atom. The molecule has 0 aromatic heterocycles. The molecule has 1 aliphatic rings. The fraction of sp³-hybridized carbons (Fsp3) is 0.391. The van der Waals surface area contributed by atoms with Gasteiger partial charge in [0.2, 0.25) is 0 Å². The van der Waals surface area contributed by atoms with Crippen LogP contribution in [-0.4, -0.2) is 71.4 Å². The highest BCUT2D eigenvalue weighted by Gasteiger charge is 2.22. The minimum atomic E-state index is -0.421. The molecule has 0 aliphatic carbocycles. The van der Waals surface area contributed by atoms with E-state index in [2.05, 4.69) is 26.2 Å². The van der Waals surface area contributed by atoms with Crippen molar-refractivity contribution in [3.8, 4) is 11.5 Å². The van der Waals surface area contributed by atoms with Gasteiger partial charge in [-0.3, -0.25) is 4.99 Å². The van der Waals surface area contributed by atoms with Crippen molar-refractivity contribution >= 4 is 17.6 Å². The Hall–Kier alpha value is -3.42. The van der Waals surface area contributed by atoms with Crippen molar-refractivity contribution in [3.63, 3.8) is 0 Å². The van der Waals surface area contributed by atoms with Crippen LogP contribution in [0.2, 0.25) is 0 Å². The Labute approximate surface area is 183 Å². The molecule has 8 nitrogen and oxygen atoms in total. The number of piperazine rings is 1. The van der Waals surface area contributed by atoms with Crippen LogP contribution in [0.25, 0.3) is 0 Å². The van der Waals surface area contributed by atoms with Gasteiger partial charge in [0.25, 0.3) is 0 Å². The number of para-hydroxylation sites is 2. The Bertz CT molecular complexity index is 924. The number of aliphatic imine (C=N–C) groups is 1. The molecule has 0 bridgehead atoms. The molecule has 1 N–H and O–H groups in total. The van der Waals surface area contributed by atoms with Crippen molar-refractivity contribution in [2.75, 3.05) is 59.5 Å². The van der Waals surface area contributed by atoms with E-state index in [9.17, 15) is 4.79 Å². The zero-order chi connectivity index (χ0) is 22.2. The van der Waals surface area contributed by atoms with Crippen LogP contribution in [0.1, 0.15) is 15.9 Å². The number of carbonyl (C=O) groups is 1. The van der Waals surface area contributed by atoms with E-state index in [1.807, 2.05) is 24.3 Å². The Kier molecular flexibility index (Phi) is 7.59. The van der Waals surface area contributed by atoms with Gasteiger partial charge in [-0.05, 0) is 29.8 Å². The summed E-state index contributed by atoms with van der Waals surface area (Å²) in [6.45, 7) is 3.96. The first-order chi connectivity index (χ1) is 15.1. The summed E-state index contributed by atoms with van der Waals surface area (Å²) in [5.41, 5.74) is 2.46. The van der Waals surface area contributed by atoms with Gasteiger partial charge >= 0.3 is 5.97 Å². The summed E-state index contributed by atoms with van der Waals surface area (Å²) in [7, 11) is 6.37. The second-order valence-electron chi connectivity index (χ2n) is 7.07. The van der Waals surface area contributed by atoms with Crippen LogP contribution >= 0.6 is 0 Å². The van der Waals surface area contributed by atoms with E-state index >= 15 is 0 Å². The van der Waals surface area contributed by atoms with Crippen LogP contribution < -0.4 is 19.7 Å². The molecule has 0 radical (unpaired) electrons. The lowest BCUT2D eigenvalue weighted by atomic mass is 10.1. The summed E-state index contributed by atoms with van der Waals surface area (Å²) in [6.07, 6.45) is 0. The predicted molar refractivity (Wildman–Crippen MR) is 121 cm³/mol. The minimum Gasteiger partial charge on any atom is -0.496 e. The number of anilines is 1. The molecule has 0 atom stereocenters. The number of hydrogen-bond acceptors (Lipinski definition) is 6. The maximum atomic E-state index is 12.0. The Morgan fingerprint density at radius 1 is 1.00 bits per heavy atom. The number of benzene rings is 2. The highest BCUT2D eigenvalue weighted by molar-refractivity contribution is 5.92. The van der Waals surface area contributed by atoms with E-state index < -0.39 is 5.97 Å². The molecule has 31 heavy (non-hydrogen) atoms. The zero-order valence-electron chi connectivity index (χ0n) is 18.6. The monoisotopic (exact) mass is 426 g/mol. The number of rotatable bonds is 6. The molecular formula is C23H30N4O4. The third kappa shape index (κ3) is 5.20. The normalized spacial score (nSPS) is 14.3. The van der Waals surface area contributed by atoms with Crippen LogP contribution in [0.5, 0.6) is 11.5 Å². The van der Waals surface area contributed by atoms with Crippen molar-refractivity contribution < 1.29 is 19.0 Å². The summed E-state index contributed by atoms with van der Waals surface area (Å²) in [6, 6.07) is 13.6. The number of ether oxygens (including phenoxy) is 3. The van der Waals surface area contributed by atoms with E-state index in [4.69, 9.17) is 14.2 Å². The van der Waals surface area contributed by atoms with Crippen LogP contribution in [0, 0.1) is 0 Å². The second kappa shape index (κ2) is 10.6. The third-order valence-corrected chi connectivity index (χ3v) is 5.34. The molecule has 1 aliphatic heterocycles. The van der Waals surface area contributed by atoms with Crippen molar-refractivity contribution in [1.29, 1.82) is 0 Å². The molecule has 0 saturated carbocycles. The summed E-state index contributed by atoms with van der Waals surface area (Å²) < 4.78 is 15.6. The summed E-state index contributed by atoms with van der Waals surface area (Å²) in [5.74, 6) is 1.79. The molecule has 166 valence electrons. The SMILES string of the molecule is CN=C(NCc1ccc(OC)c(C(=O)OC)c1)N1CCN(c2ccccc2OC)CC1. The van der Waals surface area contributed by atoms with Gasteiger partial charge < -0.3 is 29.3 Å². The van der Waals surface area contributed by atoms with Gasteiger partial charge in [-0.2, -0.15) is 0 Å². The zero-order valence-corrected chi connectivity index (χ0v) is 18.6. The average Bonchev–Trinajstić information content (AvgIpc) is 2.84. The lowest BCUT2D eigenvalue weighted by Gasteiger charge is -2.38. The van der Waals surface area contributed by atoms with Gasteiger partial charge in [-0.15, -0.1) is 0 Å². The van der Waals surface area contributed by atoms with Gasteiger partial charge in [-0.1, -0.05) is 18.2 Å². The summed E-state index contributed by atoms with van der Waals surface area (Å²) >= 11 is 0. The molecule has 8 heteroatoms. The van der Waals surface area contributed by atoms with Gasteiger partial charge in [0.15, 0.2) is 5.96 Å². The number of nitrogens with zero attached hydrogens (tertiary/aromatic N) is 3. The molecule has 2 aromatic rings. The van der Waals surface area contributed by atoms with Crippen molar-refractivity contribution in [3.05, 3.63) is 53.6 Å². The van der Waals surface area contributed by atoms with Gasteiger partial charge in [0, 0.05) is 39.8 Å². The minimum absolute atomic E-state index is 0.407. The fourth-order valence-electron chi connectivity index (χ4n) is 3.70. The van der Waals surface area contributed by atoms with Crippen molar-refractivity contribution in [1.82, 2.24) is 10.2 Å². The van der Waals surface area contributed by atoms with Gasteiger partial charge in [0.1, 0.15) is 17.1 Å². The van der Waals surface area contributed by atoms with E-state index in [0.717, 1.165) is 49.1 Å². The van der Waals surface area contributed by atoms with Crippen LogP contribution in [0.3, 0.4) is 0 Å². The van der Waals surface area contributed by atoms with Crippen LogP contribution in [0.15, 0.2) is 47.5 Å². The van der Waals surface area contributed by atoms with Crippen LogP contribution in [0.4, 0.5) is 5.69 Å². The molecule has 0 amide bonds. The van der Waals surface area contributed by atoms with Gasteiger partial charge in [-0.25, -0.2) is 4.79 Å². The molecule has 2 aromatic carbocycles. The van der Waals surface area contributed by atoms with Crippen molar-refractivity contribution in [2.45, 2.75) is 6.54 Å². The first-order valence-corrected chi connectivity index (χ1v) is 10.2. The molecular weight excluding hydrogens is 396 g/mol. The lowest BCUT2D eigenvalue weighted by molar-refractivity contribution is 0.0597. The third-order valence-electron chi connectivity index (χ3n) is 5.34. The highest BCUT2D eigenvalue weighted by atomic mass is 16.5. The summed E-state index contributed by atoms with van der Waals surface area (Å²) in [5, 5.41) is 3.39. The Balaban J connectivity index is 1.61. The number of methoxy groups -OCH3 is 3. The number of carbonyl (C=O) groups excluding carboxylic acids is 1. The molecule has 0 unspecified atom stereocenters. The first-order valence-electron chi connectivity index (χ1n) is 10.2. The second-order valence-corrected chi connectivity index (χ2v) is 7.07. The molecule has 0 spiro atoms. The van der Waals surface area contributed by atoms with E-state index in [-0.39, 0.29) is 0 Å². The molecule has 3 rings (SSSR count). The van der Waals surface area contributed by atoms with E-state index in [0.29, 0.717) is 17.9 Å². The van der Waals surface area contributed by atoms with E-state index in [1.165, 1.54) is 14.2 Å². The number of guanidine groups is 1.